The van der Waals surface area contributed by atoms with Crippen molar-refractivity contribution in [2.24, 2.45) is 0 Å². The van der Waals surface area contributed by atoms with E-state index in [4.69, 9.17) is 9.47 Å². The van der Waals surface area contributed by atoms with E-state index >= 15 is 0 Å². The maximum absolute atomic E-state index is 11.8. The molecule has 126 valence electrons. The van der Waals surface area contributed by atoms with Crippen LogP contribution in [0.3, 0.4) is 0 Å². The number of benzene rings is 2. The van der Waals surface area contributed by atoms with Crippen molar-refractivity contribution in [3.8, 4) is 0 Å². The van der Waals surface area contributed by atoms with Crippen molar-refractivity contribution < 1.29 is 14.3 Å². The van der Waals surface area contributed by atoms with E-state index in [2.05, 4.69) is 5.43 Å². The van der Waals surface area contributed by atoms with Crippen LogP contribution in [0.25, 0.3) is 0 Å². The van der Waals surface area contributed by atoms with Crippen LogP contribution >= 0.6 is 0 Å². The summed E-state index contributed by atoms with van der Waals surface area (Å²) in [7, 11) is 0. The summed E-state index contributed by atoms with van der Waals surface area (Å²) in [5.41, 5.74) is 4.89. The van der Waals surface area contributed by atoms with E-state index in [1.807, 2.05) is 72.6 Å². The van der Waals surface area contributed by atoms with Gasteiger partial charge in [-0.1, -0.05) is 60.7 Å². The molecule has 2 aromatic rings. The van der Waals surface area contributed by atoms with E-state index in [9.17, 15) is 4.79 Å². The Morgan fingerprint density at radius 2 is 1.75 bits per heavy atom. The second-order valence-electron chi connectivity index (χ2n) is 5.82. The zero-order chi connectivity index (χ0) is 16.8. The molecule has 1 heterocycles. The second-order valence-corrected chi connectivity index (χ2v) is 5.82. The van der Waals surface area contributed by atoms with E-state index in [-0.39, 0.29) is 12.1 Å². The smallest absolute Gasteiger partial charge is 0.422 e. The molecule has 1 aliphatic heterocycles. The fourth-order valence-corrected chi connectivity index (χ4v) is 2.80. The minimum atomic E-state index is -0.426. The van der Waals surface area contributed by atoms with Crippen LogP contribution < -0.4 is 5.43 Å². The Bertz CT molecular complexity index is 648. The molecule has 1 N–H and O–H groups in total. The third kappa shape index (κ3) is 4.13. The van der Waals surface area contributed by atoms with Crippen LogP contribution in [0.1, 0.15) is 24.2 Å². The summed E-state index contributed by atoms with van der Waals surface area (Å²) in [6, 6.07) is 19.9. The van der Waals surface area contributed by atoms with Crippen LogP contribution in [-0.4, -0.2) is 30.3 Å². The molecule has 2 aromatic carbocycles. The molecule has 1 aliphatic rings. The van der Waals surface area contributed by atoms with Crippen molar-refractivity contribution in [3.05, 3.63) is 71.8 Å². The van der Waals surface area contributed by atoms with Crippen LogP contribution in [0.5, 0.6) is 0 Å². The lowest BCUT2D eigenvalue weighted by atomic mass is 10.0. The van der Waals surface area contributed by atoms with E-state index in [1.54, 1.807) is 0 Å². The van der Waals surface area contributed by atoms with Crippen LogP contribution in [-0.2, 0) is 16.1 Å². The van der Waals surface area contributed by atoms with Gasteiger partial charge < -0.3 is 9.47 Å². The minimum absolute atomic E-state index is 0.0189. The summed E-state index contributed by atoms with van der Waals surface area (Å²) < 4.78 is 11.2. The zero-order valence-corrected chi connectivity index (χ0v) is 13.7. The number of nitrogens with one attached hydrogen (secondary N) is 1. The molecule has 0 aliphatic carbocycles. The lowest BCUT2D eigenvalue weighted by Crippen LogP contribution is -2.56. The lowest BCUT2D eigenvalue weighted by molar-refractivity contribution is -0.0490. The molecule has 1 fully saturated rings. The first-order chi connectivity index (χ1) is 11.7. The first-order valence-corrected chi connectivity index (χ1v) is 8.14. The van der Waals surface area contributed by atoms with Crippen molar-refractivity contribution >= 4 is 6.09 Å². The third-order valence-electron chi connectivity index (χ3n) is 4.11. The minimum Gasteiger partial charge on any atom is -0.439 e. The van der Waals surface area contributed by atoms with E-state index in [0.717, 1.165) is 11.1 Å². The maximum Gasteiger partial charge on any atom is 0.422 e. The number of nitrogens with zero attached hydrogens (tertiary/aromatic N) is 1. The molecule has 0 aromatic heterocycles. The van der Waals surface area contributed by atoms with E-state index < -0.39 is 6.09 Å². The summed E-state index contributed by atoms with van der Waals surface area (Å²) in [6.45, 7) is 3.73. The summed E-state index contributed by atoms with van der Waals surface area (Å²) >= 11 is 0. The van der Waals surface area contributed by atoms with Gasteiger partial charge in [0, 0.05) is 6.54 Å². The molecule has 24 heavy (non-hydrogen) atoms. The quantitative estimate of drug-likeness (QED) is 0.828. The standard InChI is InChI=1S/C19H22N2O3/c1-15-18(17-10-6-3-7-11-17)24-19(22)20-21(15)12-13-23-14-16-8-4-2-5-9-16/h2-11,15,18H,12-14H2,1H3,(H,20,22)/t15-,18-/m0/s1. The normalized spacial score (nSPS) is 21.1. The summed E-state index contributed by atoms with van der Waals surface area (Å²) in [5, 5.41) is 1.88. The lowest BCUT2D eigenvalue weighted by Gasteiger charge is -2.38. The number of hydrazine groups is 1. The summed E-state index contributed by atoms with van der Waals surface area (Å²) in [4.78, 5) is 11.8. The molecular weight excluding hydrogens is 304 g/mol. The number of amides is 1. The first kappa shape index (κ1) is 16.5. The van der Waals surface area contributed by atoms with Crippen LogP contribution in [0, 0.1) is 0 Å². The van der Waals surface area contributed by atoms with Crippen molar-refractivity contribution in [3.63, 3.8) is 0 Å². The Kier molecular flexibility index (Phi) is 5.46. The van der Waals surface area contributed by atoms with Gasteiger partial charge in [0.25, 0.3) is 0 Å². The molecule has 0 spiro atoms. The molecule has 0 bridgehead atoms. The molecule has 5 nitrogen and oxygen atoms in total. The fourth-order valence-electron chi connectivity index (χ4n) is 2.80. The largest absolute Gasteiger partial charge is 0.439 e. The number of ether oxygens (including phenoxy) is 2. The van der Waals surface area contributed by atoms with Gasteiger partial charge in [0.1, 0.15) is 6.10 Å². The van der Waals surface area contributed by atoms with Gasteiger partial charge in [-0.25, -0.2) is 9.80 Å². The Morgan fingerprint density at radius 3 is 2.46 bits per heavy atom. The van der Waals surface area contributed by atoms with E-state index in [0.29, 0.717) is 19.8 Å². The molecule has 1 saturated heterocycles. The Morgan fingerprint density at radius 1 is 1.08 bits per heavy atom. The monoisotopic (exact) mass is 326 g/mol. The maximum atomic E-state index is 11.8. The molecule has 0 saturated carbocycles. The van der Waals surface area contributed by atoms with Crippen LogP contribution in [0.15, 0.2) is 60.7 Å². The SMILES string of the molecule is C[C@H]1[C@@H](c2ccccc2)OC(=O)NN1CCOCc1ccccc1. The predicted molar refractivity (Wildman–Crippen MR) is 91.1 cm³/mol. The molecule has 1 amide bonds. The van der Waals surface area contributed by atoms with Gasteiger partial charge in [-0.15, -0.1) is 0 Å². The van der Waals surface area contributed by atoms with E-state index in [1.165, 1.54) is 0 Å². The molecule has 2 atom stereocenters. The average Bonchev–Trinajstić information content (AvgIpc) is 2.63. The predicted octanol–water partition coefficient (Wildman–Crippen LogP) is 3.29. The van der Waals surface area contributed by atoms with Gasteiger partial charge in [0.05, 0.1) is 19.3 Å². The van der Waals surface area contributed by atoms with Gasteiger partial charge in [-0.2, -0.15) is 0 Å². The third-order valence-corrected chi connectivity index (χ3v) is 4.11. The highest BCUT2D eigenvalue weighted by Gasteiger charge is 2.34. The highest BCUT2D eigenvalue weighted by Crippen LogP contribution is 2.27. The topological polar surface area (TPSA) is 50.8 Å². The van der Waals surface area contributed by atoms with Crippen molar-refractivity contribution in [1.82, 2.24) is 10.4 Å². The number of carbonyl (C=O) groups is 1. The highest BCUT2D eigenvalue weighted by atomic mass is 16.6. The summed E-state index contributed by atoms with van der Waals surface area (Å²) in [5.74, 6) is 0. The molecule has 0 radical (unpaired) electrons. The number of hydrogen-bond donors (Lipinski definition) is 1. The molecular formula is C19H22N2O3. The van der Waals surface area contributed by atoms with Gasteiger partial charge >= 0.3 is 6.09 Å². The number of carbonyl (C=O) groups excluding carboxylic acids is 1. The molecule has 5 heteroatoms. The Balaban J connectivity index is 1.54. The van der Waals surface area contributed by atoms with Crippen LogP contribution in [0.4, 0.5) is 4.79 Å². The van der Waals surface area contributed by atoms with Crippen molar-refractivity contribution in [2.75, 3.05) is 13.2 Å². The number of cyclic esters (lactones) is 1. The van der Waals surface area contributed by atoms with Gasteiger partial charge in [0.2, 0.25) is 0 Å². The fraction of sp³-hybridized carbons (Fsp3) is 0.316. The Hall–Kier alpha value is -2.37. The zero-order valence-electron chi connectivity index (χ0n) is 13.7. The molecule has 0 unspecified atom stereocenters. The molecule has 3 rings (SSSR count). The second kappa shape index (κ2) is 7.95. The first-order valence-electron chi connectivity index (χ1n) is 8.14. The van der Waals surface area contributed by atoms with Crippen LogP contribution in [0.2, 0.25) is 0 Å². The van der Waals surface area contributed by atoms with Crippen molar-refractivity contribution in [2.45, 2.75) is 25.7 Å². The van der Waals surface area contributed by atoms with Gasteiger partial charge in [-0.05, 0) is 18.1 Å². The summed E-state index contributed by atoms with van der Waals surface area (Å²) in [6.07, 6.45) is -0.709. The van der Waals surface area contributed by atoms with Crippen molar-refractivity contribution in [1.29, 1.82) is 0 Å². The average molecular weight is 326 g/mol. The number of hydrogen-bond acceptors (Lipinski definition) is 4. The van der Waals surface area contributed by atoms with Gasteiger partial charge in [-0.3, -0.25) is 5.43 Å². The van der Waals surface area contributed by atoms with Gasteiger partial charge in [0.15, 0.2) is 0 Å². The number of rotatable bonds is 6. The highest BCUT2D eigenvalue weighted by molar-refractivity contribution is 5.67. The Labute approximate surface area is 142 Å².